The van der Waals surface area contributed by atoms with E-state index in [1.807, 2.05) is 17.7 Å². The predicted octanol–water partition coefficient (Wildman–Crippen LogP) is 1.38. The Morgan fingerprint density at radius 1 is 1.37 bits per heavy atom. The van der Waals surface area contributed by atoms with Gasteiger partial charge in [-0.15, -0.1) is 0 Å². The number of nitrogen functional groups attached to an aromatic ring is 1. The Morgan fingerprint density at radius 3 is 2.95 bits per heavy atom. The third kappa shape index (κ3) is 2.01. The SMILES string of the molecule is Cc1nccn1CCn1c(=O)oc2ccc(N)cc21. The number of aryl methyl sites for hydroxylation is 3. The van der Waals surface area contributed by atoms with Crippen molar-refractivity contribution < 1.29 is 4.42 Å². The third-order valence-corrected chi connectivity index (χ3v) is 3.18. The molecule has 19 heavy (non-hydrogen) atoms. The van der Waals surface area contributed by atoms with Crippen LogP contribution in [0, 0.1) is 6.92 Å². The van der Waals surface area contributed by atoms with Crippen LogP contribution in [0.25, 0.3) is 11.1 Å². The number of hydrogen-bond donors (Lipinski definition) is 1. The zero-order chi connectivity index (χ0) is 13.4. The first-order valence-electron chi connectivity index (χ1n) is 6.02. The van der Waals surface area contributed by atoms with E-state index in [2.05, 4.69) is 4.98 Å². The molecular formula is C13H14N4O2. The van der Waals surface area contributed by atoms with Crippen LogP contribution < -0.4 is 11.5 Å². The summed E-state index contributed by atoms with van der Waals surface area (Å²) in [5.74, 6) is 0.554. The van der Waals surface area contributed by atoms with Gasteiger partial charge in [-0.2, -0.15) is 0 Å². The van der Waals surface area contributed by atoms with E-state index in [4.69, 9.17) is 10.2 Å². The Hall–Kier alpha value is -2.50. The number of anilines is 1. The van der Waals surface area contributed by atoms with Gasteiger partial charge >= 0.3 is 5.76 Å². The summed E-state index contributed by atoms with van der Waals surface area (Å²) >= 11 is 0. The first-order valence-corrected chi connectivity index (χ1v) is 6.02. The fourth-order valence-electron chi connectivity index (χ4n) is 2.14. The molecule has 2 heterocycles. The molecule has 0 fully saturated rings. The number of oxazole rings is 1. The molecule has 1 aromatic carbocycles. The van der Waals surface area contributed by atoms with Crippen molar-refractivity contribution in [2.24, 2.45) is 0 Å². The molecule has 98 valence electrons. The van der Waals surface area contributed by atoms with Gasteiger partial charge in [0.05, 0.1) is 5.52 Å². The average molecular weight is 258 g/mol. The predicted molar refractivity (Wildman–Crippen MR) is 71.9 cm³/mol. The van der Waals surface area contributed by atoms with Crippen molar-refractivity contribution in [2.75, 3.05) is 5.73 Å². The molecule has 2 aromatic heterocycles. The zero-order valence-corrected chi connectivity index (χ0v) is 10.5. The van der Waals surface area contributed by atoms with Crippen LogP contribution in [0.4, 0.5) is 5.69 Å². The summed E-state index contributed by atoms with van der Waals surface area (Å²) in [7, 11) is 0. The lowest BCUT2D eigenvalue weighted by Crippen LogP contribution is -2.18. The lowest BCUT2D eigenvalue weighted by molar-refractivity contribution is 0.482. The smallest absolute Gasteiger partial charge is 0.408 e. The molecule has 0 spiro atoms. The highest BCUT2D eigenvalue weighted by Crippen LogP contribution is 2.16. The fourth-order valence-corrected chi connectivity index (χ4v) is 2.14. The van der Waals surface area contributed by atoms with E-state index in [0.29, 0.717) is 24.4 Å². The summed E-state index contributed by atoms with van der Waals surface area (Å²) in [6.45, 7) is 3.11. The minimum absolute atomic E-state index is 0.363. The molecule has 3 aromatic rings. The average Bonchev–Trinajstić information content (AvgIpc) is 2.90. The van der Waals surface area contributed by atoms with Crippen molar-refractivity contribution in [3.8, 4) is 0 Å². The van der Waals surface area contributed by atoms with Gasteiger partial charge in [0.15, 0.2) is 5.58 Å². The van der Waals surface area contributed by atoms with Crippen molar-refractivity contribution in [2.45, 2.75) is 20.0 Å². The molecule has 0 atom stereocenters. The van der Waals surface area contributed by atoms with Crippen LogP contribution in [0.2, 0.25) is 0 Å². The highest BCUT2D eigenvalue weighted by atomic mass is 16.4. The molecule has 0 aliphatic heterocycles. The zero-order valence-electron chi connectivity index (χ0n) is 10.5. The van der Waals surface area contributed by atoms with E-state index in [9.17, 15) is 4.79 Å². The van der Waals surface area contributed by atoms with Gasteiger partial charge in [0, 0.05) is 31.2 Å². The van der Waals surface area contributed by atoms with Gasteiger partial charge in [0.2, 0.25) is 0 Å². The Labute approximate surface area is 109 Å². The van der Waals surface area contributed by atoms with Crippen LogP contribution in [0.3, 0.4) is 0 Å². The second-order valence-corrected chi connectivity index (χ2v) is 4.41. The van der Waals surface area contributed by atoms with Crippen molar-refractivity contribution in [3.05, 3.63) is 47.0 Å². The molecule has 0 aliphatic carbocycles. The number of aromatic nitrogens is 3. The molecule has 0 amide bonds. The summed E-state index contributed by atoms with van der Waals surface area (Å²) in [5.41, 5.74) is 7.64. The fraction of sp³-hybridized carbons (Fsp3) is 0.231. The van der Waals surface area contributed by atoms with Crippen LogP contribution in [0.15, 0.2) is 39.8 Å². The lowest BCUT2D eigenvalue weighted by atomic mass is 10.3. The van der Waals surface area contributed by atoms with Gasteiger partial charge < -0.3 is 14.7 Å². The highest BCUT2D eigenvalue weighted by molar-refractivity contribution is 5.76. The number of benzene rings is 1. The van der Waals surface area contributed by atoms with E-state index in [0.717, 1.165) is 11.3 Å². The first kappa shape index (κ1) is 11.6. The van der Waals surface area contributed by atoms with Gasteiger partial charge in [-0.05, 0) is 25.1 Å². The van der Waals surface area contributed by atoms with E-state index in [1.165, 1.54) is 0 Å². The van der Waals surface area contributed by atoms with Gasteiger partial charge in [-0.1, -0.05) is 0 Å². The maximum Gasteiger partial charge on any atom is 0.420 e. The number of rotatable bonds is 3. The molecule has 2 N–H and O–H groups in total. The topological polar surface area (TPSA) is 79.0 Å². The molecule has 6 heteroatoms. The molecule has 0 radical (unpaired) electrons. The summed E-state index contributed by atoms with van der Waals surface area (Å²) in [5, 5.41) is 0. The molecule has 0 unspecified atom stereocenters. The van der Waals surface area contributed by atoms with Crippen LogP contribution >= 0.6 is 0 Å². The largest absolute Gasteiger partial charge is 0.420 e. The standard InChI is InChI=1S/C13H14N4O2/c1-9-15-4-5-16(9)6-7-17-11-8-10(14)2-3-12(11)19-13(17)18/h2-5,8H,6-7,14H2,1H3. The quantitative estimate of drug-likeness (QED) is 0.720. The second-order valence-electron chi connectivity index (χ2n) is 4.41. The number of nitrogens with two attached hydrogens (primary N) is 1. The van der Waals surface area contributed by atoms with Gasteiger partial charge in [-0.3, -0.25) is 4.57 Å². The molecule has 0 aliphatic rings. The minimum Gasteiger partial charge on any atom is -0.408 e. The van der Waals surface area contributed by atoms with Crippen molar-refractivity contribution in [1.29, 1.82) is 0 Å². The van der Waals surface area contributed by atoms with E-state index >= 15 is 0 Å². The second kappa shape index (κ2) is 4.31. The number of hydrogen-bond acceptors (Lipinski definition) is 4. The number of fused-ring (bicyclic) bond motifs is 1. The van der Waals surface area contributed by atoms with E-state index < -0.39 is 0 Å². The first-order chi connectivity index (χ1) is 9.15. The maximum atomic E-state index is 11.8. The summed E-state index contributed by atoms with van der Waals surface area (Å²) < 4.78 is 8.75. The van der Waals surface area contributed by atoms with Crippen LogP contribution in [-0.2, 0) is 13.1 Å². The highest BCUT2D eigenvalue weighted by Gasteiger charge is 2.09. The Bertz CT molecular complexity index is 781. The van der Waals surface area contributed by atoms with E-state index in [-0.39, 0.29) is 5.76 Å². The van der Waals surface area contributed by atoms with Gasteiger partial charge in [0.1, 0.15) is 5.82 Å². The minimum atomic E-state index is -0.363. The lowest BCUT2D eigenvalue weighted by Gasteiger charge is -2.05. The summed E-state index contributed by atoms with van der Waals surface area (Å²) in [4.78, 5) is 16.0. The molecule has 0 saturated carbocycles. The molecule has 0 saturated heterocycles. The van der Waals surface area contributed by atoms with Crippen LogP contribution in [0.5, 0.6) is 0 Å². The Balaban J connectivity index is 1.96. The van der Waals surface area contributed by atoms with Crippen molar-refractivity contribution in [1.82, 2.24) is 14.1 Å². The Kier molecular flexibility index (Phi) is 2.63. The van der Waals surface area contributed by atoms with Crippen LogP contribution in [-0.4, -0.2) is 14.1 Å². The number of nitrogens with zero attached hydrogens (tertiary/aromatic N) is 3. The Morgan fingerprint density at radius 2 is 2.21 bits per heavy atom. The van der Waals surface area contributed by atoms with Gasteiger partial charge in [0.25, 0.3) is 0 Å². The normalized spacial score (nSPS) is 11.2. The van der Waals surface area contributed by atoms with Crippen molar-refractivity contribution in [3.63, 3.8) is 0 Å². The number of imidazole rings is 1. The summed E-state index contributed by atoms with van der Waals surface area (Å²) in [6, 6.07) is 5.18. The summed E-state index contributed by atoms with van der Waals surface area (Å²) in [6.07, 6.45) is 3.63. The molecule has 3 rings (SSSR count). The molecular weight excluding hydrogens is 244 g/mol. The monoisotopic (exact) mass is 258 g/mol. The van der Waals surface area contributed by atoms with E-state index in [1.54, 1.807) is 29.0 Å². The van der Waals surface area contributed by atoms with Gasteiger partial charge in [-0.25, -0.2) is 9.78 Å². The van der Waals surface area contributed by atoms with Crippen molar-refractivity contribution >= 4 is 16.8 Å². The maximum absolute atomic E-state index is 11.8. The van der Waals surface area contributed by atoms with Crippen LogP contribution in [0.1, 0.15) is 5.82 Å². The third-order valence-electron chi connectivity index (χ3n) is 3.18. The molecule has 0 bridgehead atoms. The molecule has 6 nitrogen and oxygen atoms in total.